The third-order valence-corrected chi connectivity index (χ3v) is 5.00. The molecule has 0 unspecified atom stereocenters. The number of ether oxygens (including phenoxy) is 1. The van der Waals surface area contributed by atoms with Gasteiger partial charge in [0.25, 0.3) is 0 Å². The highest BCUT2D eigenvalue weighted by molar-refractivity contribution is 7.15. The maximum Gasteiger partial charge on any atom is 0.350 e. The van der Waals surface area contributed by atoms with Crippen LogP contribution in [-0.2, 0) is 10.2 Å². The van der Waals surface area contributed by atoms with Gasteiger partial charge in [0.2, 0.25) is 0 Å². The van der Waals surface area contributed by atoms with Crippen LogP contribution < -0.4 is 5.73 Å². The maximum atomic E-state index is 11.7. The van der Waals surface area contributed by atoms with Gasteiger partial charge < -0.3 is 10.5 Å². The molecule has 18 heavy (non-hydrogen) atoms. The first-order chi connectivity index (χ1) is 8.26. The summed E-state index contributed by atoms with van der Waals surface area (Å²) >= 11 is 1.48. The second kappa shape index (κ2) is 5.31. The molecule has 1 aromatic heterocycles. The number of anilines is 1. The SMILES string of the molecule is CCC(C)(C)c1sc(C(=O)OC)c(N)c1C(C)C. The molecule has 1 aromatic rings. The van der Waals surface area contributed by atoms with Crippen LogP contribution in [0.1, 0.15) is 67.1 Å². The van der Waals surface area contributed by atoms with E-state index in [0.717, 1.165) is 12.0 Å². The number of thiophene rings is 1. The lowest BCUT2D eigenvalue weighted by atomic mass is 9.83. The normalized spacial score (nSPS) is 11.9. The van der Waals surface area contributed by atoms with E-state index in [-0.39, 0.29) is 11.4 Å². The molecule has 1 rings (SSSR count). The smallest absolute Gasteiger partial charge is 0.350 e. The molecule has 3 nitrogen and oxygen atoms in total. The Morgan fingerprint density at radius 3 is 2.39 bits per heavy atom. The van der Waals surface area contributed by atoms with E-state index in [1.807, 2.05) is 0 Å². The number of nitrogen functional groups attached to an aromatic ring is 1. The van der Waals surface area contributed by atoms with E-state index >= 15 is 0 Å². The average Bonchev–Trinajstić information content (AvgIpc) is 2.66. The van der Waals surface area contributed by atoms with Gasteiger partial charge in [-0.15, -0.1) is 11.3 Å². The predicted octanol–water partition coefficient (Wildman–Crippen LogP) is 3.93. The molecule has 0 radical (unpaired) electrons. The molecule has 0 fully saturated rings. The van der Waals surface area contributed by atoms with Crippen molar-refractivity contribution in [1.82, 2.24) is 0 Å². The molecule has 0 aliphatic heterocycles. The predicted molar refractivity (Wildman–Crippen MR) is 77.5 cm³/mol. The van der Waals surface area contributed by atoms with Gasteiger partial charge >= 0.3 is 5.97 Å². The highest BCUT2D eigenvalue weighted by Gasteiger charge is 2.30. The fourth-order valence-corrected chi connectivity index (χ4v) is 3.40. The van der Waals surface area contributed by atoms with Crippen LogP contribution in [0.2, 0.25) is 0 Å². The molecular formula is C14H23NO2S. The highest BCUT2D eigenvalue weighted by atomic mass is 32.1. The van der Waals surface area contributed by atoms with E-state index in [4.69, 9.17) is 10.5 Å². The molecule has 0 saturated heterocycles. The van der Waals surface area contributed by atoms with Crippen molar-refractivity contribution in [2.24, 2.45) is 0 Å². The van der Waals surface area contributed by atoms with Crippen LogP contribution in [0, 0.1) is 0 Å². The summed E-state index contributed by atoms with van der Waals surface area (Å²) in [6.07, 6.45) is 1.01. The zero-order valence-electron chi connectivity index (χ0n) is 12.1. The number of hydrogen-bond donors (Lipinski definition) is 1. The highest BCUT2D eigenvalue weighted by Crippen LogP contribution is 2.44. The number of carbonyl (C=O) groups is 1. The lowest BCUT2D eigenvalue weighted by Crippen LogP contribution is -2.16. The van der Waals surface area contributed by atoms with Gasteiger partial charge in [0.05, 0.1) is 12.8 Å². The molecule has 0 atom stereocenters. The first kappa shape index (κ1) is 15.0. The largest absolute Gasteiger partial charge is 0.465 e. The van der Waals surface area contributed by atoms with Crippen molar-refractivity contribution in [2.75, 3.05) is 12.8 Å². The third-order valence-electron chi connectivity index (χ3n) is 3.43. The third kappa shape index (κ3) is 2.53. The molecule has 2 N–H and O–H groups in total. The Morgan fingerprint density at radius 1 is 1.44 bits per heavy atom. The van der Waals surface area contributed by atoms with Gasteiger partial charge in [-0.1, -0.05) is 34.6 Å². The fourth-order valence-electron chi connectivity index (χ4n) is 1.94. The van der Waals surface area contributed by atoms with Crippen LogP contribution >= 0.6 is 11.3 Å². The van der Waals surface area contributed by atoms with Crippen molar-refractivity contribution in [3.8, 4) is 0 Å². The molecule has 0 aromatic carbocycles. The minimum absolute atomic E-state index is 0.0324. The van der Waals surface area contributed by atoms with Gasteiger partial charge in [0.1, 0.15) is 4.88 Å². The van der Waals surface area contributed by atoms with Crippen molar-refractivity contribution >= 4 is 23.0 Å². The van der Waals surface area contributed by atoms with Crippen molar-refractivity contribution in [3.05, 3.63) is 15.3 Å². The zero-order valence-corrected chi connectivity index (χ0v) is 12.9. The van der Waals surface area contributed by atoms with Crippen LogP contribution in [0.15, 0.2) is 0 Å². The van der Waals surface area contributed by atoms with E-state index in [9.17, 15) is 4.79 Å². The Morgan fingerprint density at radius 2 is 2.00 bits per heavy atom. The van der Waals surface area contributed by atoms with Crippen LogP contribution in [-0.4, -0.2) is 13.1 Å². The maximum absolute atomic E-state index is 11.7. The van der Waals surface area contributed by atoms with E-state index < -0.39 is 0 Å². The second-order valence-electron chi connectivity index (χ2n) is 5.47. The van der Waals surface area contributed by atoms with Crippen LogP contribution in [0.5, 0.6) is 0 Å². The summed E-state index contributed by atoms with van der Waals surface area (Å²) in [5, 5.41) is 0. The number of methoxy groups -OCH3 is 1. The standard InChI is InChI=1S/C14H23NO2S/c1-7-14(4,5)12-9(8(2)3)10(15)11(18-12)13(16)17-6/h8H,7,15H2,1-6H3. The topological polar surface area (TPSA) is 52.3 Å². The summed E-state index contributed by atoms with van der Waals surface area (Å²) < 4.78 is 4.80. The quantitative estimate of drug-likeness (QED) is 0.843. The summed E-state index contributed by atoms with van der Waals surface area (Å²) in [6.45, 7) is 10.7. The van der Waals surface area contributed by atoms with Crippen molar-refractivity contribution < 1.29 is 9.53 Å². The number of carbonyl (C=O) groups excluding carboxylic acids is 1. The lowest BCUT2D eigenvalue weighted by Gasteiger charge is -2.24. The lowest BCUT2D eigenvalue weighted by molar-refractivity contribution is 0.0607. The molecule has 0 saturated carbocycles. The number of esters is 1. The van der Waals surface area contributed by atoms with Gasteiger partial charge in [0.15, 0.2) is 0 Å². The molecule has 0 amide bonds. The summed E-state index contributed by atoms with van der Waals surface area (Å²) in [4.78, 5) is 13.5. The molecule has 0 aliphatic rings. The molecular weight excluding hydrogens is 246 g/mol. The molecule has 1 heterocycles. The van der Waals surface area contributed by atoms with Crippen LogP contribution in [0.3, 0.4) is 0 Å². The average molecular weight is 269 g/mol. The van der Waals surface area contributed by atoms with Gasteiger partial charge in [0, 0.05) is 4.88 Å². The summed E-state index contributed by atoms with van der Waals surface area (Å²) in [6, 6.07) is 0. The molecule has 0 spiro atoms. The Bertz CT molecular complexity index is 447. The second-order valence-corrected chi connectivity index (χ2v) is 6.49. The van der Waals surface area contributed by atoms with Gasteiger partial charge in [-0.05, 0) is 23.3 Å². The van der Waals surface area contributed by atoms with Crippen LogP contribution in [0.4, 0.5) is 5.69 Å². The van der Waals surface area contributed by atoms with E-state index in [1.165, 1.54) is 23.3 Å². The Hall–Kier alpha value is -1.03. The van der Waals surface area contributed by atoms with Gasteiger partial charge in [-0.2, -0.15) is 0 Å². The Labute approximate surface area is 113 Å². The summed E-state index contributed by atoms with van der Waals surface area (Å²) in [7, 11) is 1.39. The summed E-state index contributed by atoms with van der Waals surface area (Å²) in [5.74, 6) is -0.0296. The first-order valence-corrected chi connectivity index (χ1v) is 7.08. The number of nitrogens with two attached hydrogens (primary N) is 1. The zero-order chi connectivity index (χ0) is 14.1. The molecule has 0 aliphatic carbocycles. The number of hydrogen-bond acceptors (Lipinski definition) is 4. The monoisotopic (exact) mass is 269 g/mol. The minimum atomic E-state index is -0.336. The van der Waals surface area contributed by atoms with Crippen molar-refractivity contribution in [1.29, 1.82) is 0 Å². The summed E-state index contributed by atoms with van der Waals surface area (Å²) in [5.41, 5.74) is 7.87. The fraction of sp³-hybridized carbons (Fsp3) is 0.643. The first-order valence-electron chi connectivity index (χ1n) is 6.27. The number of rotatable bonds is 4. The van der Waals surface area contributed by atoms with E-state index in [2.05, 4.69) is 34.6 Å². The van der Waals surface area contributed by atoms with Crippen LogP contribution in [0.25, 0.3) is 0 Å². The Balaban J connectivity index is 3.47. The van der Waals surface area contributed by atoms with Crippen molar-refractivity contribution in [2.45, 2.75) is 52.4 Å². The van der Waals surface area contributed by atoms with E-state index in [1.54, 1.807) is 0 Å². The van der Waals surface area contributed by atoms with E-state index in [0.29, 0.717) is 16.5 Å². The minimum Gasteiger partial charge on any atom is -0.465 e. The molecule has 102 valence electrons. The molecule has 0 bridgehead atoms. The van der Waals surface area contributed by atoms with Gasteiger partial charge in [-0.25, -0.2) is 4.79 Å². The van der Waals surface area contributed by atoms with Gasteiger partial charge in [-0.3, -0.25) is 0 Å². The molecule has 4 heteroatoms. The van der Waals surface area contributed by atoms with Crippen molar-refractivity contribution in [3.63, 3.8) is 0 Å². The Kier molecular flexibility index (Phi) is 4.43.